The Kier molecular flexibility index (Phi) is 10.4. The molecule has 0 unspecified atom stereocenters. The van der Waals surface area contributed by atoms with E-state index in [1.54, 1.807) is 19.0 Å². The van der Waals surface area contributed by atoms with Crippen molar-refractivity contribution in [1.29, 1.82) is 0 Å². The molecule has 30 heavy (non-hydrogen) atoms. The van der Waals surface area contributed by atoms with Crippen LogP contribution in [0.3, 0.4) is 0 Å². The number of aromatic amines is 1. The minimum absolute atomic E-state index is 0. The molecule has 0 aliphatic carbocycles. The zero-order chi connectivity index (χ0) is 20.5. The number of likely N-dealkylation sites (N-methyl/N-ethyl adjacent to an activating group) is 1. The molecule has 0 atom stereocenters. The molecule has 1 aromatic heterocycles. The summed E-state index contributed by atoms with van der Waals surface area (Å²) in [6, 6.07) is 8.30. The van der Waals surface area contributed by atoms with E-state index in [4.69, 9.17) is 4.74 Å². The third-order valence-electron chi connectivity index (χ3n) is 5.06. The second-order valence-electron chi connectivity index (χ2n) is 7.37. The van der Waals surface area contributed by atoms with Gasteiger partial charge >= 0.3 is 0 Å². The number of halogens is 1. The second-order valence-corrected chi connectivity index (χ2v) is 7.37. The summed E-state index contributed by atoms with van der Waals surface area (Å²) in [5.41, 5.74) is 2.42. The number of aliphatic imine (C=N–C) groups is 1. The van der Waals surface area contributed by atoms with Gasteiger partial charge in [-0.3, -0.25) is 9.69 Å². The van der Waals surface area contributed by atoms with Gasteiger partial charge in [-0.15, -0.1) is 24.0 Å². The highest BCUT2D eigenvalue weighted by Gasteiger charge is 2.10. The number of nitrogens with zero attached hydrogens (tertiary/aromatic N) is 3. The summed E-state index contributed by atoms with van der Waals surface area (Å²) in [5.74, 6) is 0.657. The van der Waals surface area contributed by atoms with Crippen LogP contribution in [0.4, 0.5) is 0 Å². The largest absolute Gasteiger partial charge is 0.379 e. The lowest BCUT2D eigenvalue weighted by atomic mass is 10.1. The van der Waals surface area contributed by atoms with E-state index in [1.807, 2.05) is 6.07 Å². The average molecular weight is 528 g/mol. The normalized spacial score (nSPS) is 14.9. The van der Waals surface area contributed by atoms with Crippen LogP contribution in [0.25, 0.3) is 10.9 Å². The van der Waals surface area contributed by atoms with Crippen molar-refractivity contribution in [2.75, 3.05) is 66.6 Å². The van der Waals surface area contributed by atoms with Crippen molar-refractivity contribution in [3.05, 3.63) is 36.0 Å². The minimum atomic E-state index is -0.0177. The molecule has 1 aliphatic rings. The topological polar surface area (TPSA) is 85.0 Å². The lowest BCUT2D eigenvalue weighted by Crippen LogP contribution is -2.45. The van der Waals surface area contributed by atoms with Crippen molar-refractivity contribution in [1.82, 2.24) is 25.4 Å². The van der Waals surface area contributed by atoms with E-state index >= 15 is 0 Å². The maximum atomic E-state index is 11.9. The van der Waals surface area contributed by atoms with Crippen LogP contribution >= 0.6 is 24.0 Å². The van der Waals surface area contributed by atoms with E-state index in [1.165, 1.54) is 10.9 Å². The number of benzene rings is 1. The molecule has 1 aliphatic heterocycles. The molecule has 166 valence electrons. The summed E-state index contributed by atoms with van der Waals surface area (Å²) in [4.78, 5) is 23.6. The van der Waals surface area contributed by atoms with Gasteiger partial charge in [-0.05, 0) is 18.1 Å². The number of ether oxygens (including phenoxy) is 1. The molecule has 0 spiro atoms. The van der Waals surface area contributed by atoms with E-state index in [9.17, 15) is 4.79 Å². The molecule has 2 aromatic rings. The second kappa shape index (κ2) is 12.8. The number of nitrogens with one attached hydrogen (secondary N) is 3. The number of guanidine groups is 1. The minimum Gasteiger partial charge on any atom is -0.379 e. The van der Waals surface area contributed by atoms with Crippen LogP contribution in [0.1, 0.15) is 5.56 Å². The number of amides is 1. The predicted molar refractivity (Wildman–Crippen MR) is 132 cm³/mol. The first-order chi connectivity index (χ1) is 14.1. The van der Waals surface area contributed by atoms with Gasteiger partial charge in [0.1, 0.15) is 6.54 Å². The predicted octanol–water partition coefficient (Wildman–Crippen LogP) is 1.28. The highest BCUT2D eigenvalue weighted by atomic mass is 127. The number of morpholine rings is 1. The number of H-pyrrole nitrogens is 1. The van der Waals surface area contributed by atoms with Gasteiger partial charge in [0, 0.05) is 63.9 Å². The van der Waals surface area contributed by atoms with Gasteiger partial charge in [-0.25, -0.2) is 4.99 Å². The first-order valence-corrected chi connectivity index (χ1v) is 10.2. The number of hydrogen-bond acceptors (Lipinski definition) is 4. The van der Waals surface area contributed by atoms with Crippen LogP contribution in [0.15, 0.2) is 35.5 Å². The summed E-state index contributed by atoms with van der Waals surface area (Å²) in [7, 11) is 3.49. The Hall–Kier alpha value is -1.85. The van der Waals surface area contributed by atoms with Crippen LogP contribution in [-0.4, -0.2) is 93.2 Å². The summed E-state index contributed by atoms with van der Waals surface area (Å²) >= 11 is 0. The molecule has 0 bridgehead atoms. The molecule has 9 heteroatoms. The van der Waals surface area contributed by atoms with Gasteiger partial charge < -0.3 is 25.3 Å². The van der Waals surface area contributed by atoms with Gasteiger partial charge in [-0.1, -0.05) is 18.2 Å². The quantitative estimate of drug-likeness (QED) is 0.273. The Labute approximate surface area is 195 Å². The first-order valence-electron chi connectivity index (χ1n) is 10.2. The molecule has 1 amide bonds. The van der Waals surface area contributed by atoms with E-state index in [-0.39, 0.29) is 36.4 Å². The van der Waals surface area contributed by atoms with Gasteiger partial charge in [-0.2, -0.15) is 0 Å². The van der Waals surface area contributed by atoms with E-state index < -0.39 is 0 Å². The summed E-state index contributed by atoms with van der Waals surface area (Å²) in [6.45, 7) is 6.07. The maximum Gasteiger partial charge on any atom is 0.243 e. The molecule has 1 aromatic carbocycles. The van der Waals surface area contributed by atoms with Gasteiger partial charge in [0.05, 0.1) is 13.2 Å². The number of carbonyl (C=O) groups is 1. The van der Waals surface area contributed by atoms with Crippen molar-refractivity contribution >= 4 is 46.7 Å². The fourth-order valence-corrected chi connectivity index (χ4v) is 3.27. The van der Waals surface area contributed by atoms with Crippen molar-refractivity contribution in [2.24, 2.45) is 4.99 Å². The van der Waals surface area contributed by atoms with E-state index in [0.29, 0.717) is 5.96 Å². The number of hydrogen-bond donors (Lipinski definition) is 3. The summed E-state index contributed by atoms with van der Waals surface area (Å²) in [6.07, 6.45) is 2.93. The lowest BCUT2D eigenvalue weighted by molar-refractivity contribution is -0.127. The Bertz CT molecular complexity index is 817. The number of carbonyl (C=O) groups excluding carboxylic acids is 1. The average Bonchev–Trinajstić information content (AvgIpc) is 3.15. The van der Waals surface area contributed by atoms with Gasteiger partial charge in [0.2, 0.25) is 5.91 Å². The highest BCUT2D eigenvalue weighted by molar-refractivity contribution is 14.0. The fourth-order valence-electron chi connectivity index (χ4n) is 3.27. The number of rotatable bonds is 8. The van der Waals surface area contributed by atoms with Crippen molar-refractivity contribution in [2.45, 2.75) is 6.42 Å². The number of aromatic nitrogens is 1. The molecular formula is C21H33IN6O2. The number of para-hydroxylation sites is 1. The van der Waals surface area contributed by atoms with Crippen molar-refractivity contribution < 1.29 is 9.53 Å². The molecular weight excluding hydrogens is 495 g/mol. The highest BCUT2D eigenvalue weighted by Crippen LogP contribution is 2.17. The Balaban J connectivity index is 0.00000320. The van der Waals surface area contributed by atoms with Crippen LogP contribution in [0.2, 0.25) is 0 Å². The van der Waals surface area contributed by atoms with Crippen molar-refractivity contribution in [3.63, 3.8) is 0 Å². The summed E-state index contributed by atoms with van der Waals surface area (Å²) < 4.78 is 5.39. The molecule has 8 nitrogen and oxygen atoms in total. The molecule has 1 saturated heterocycles. The monoisotopic (exact) mass is 528 g/mol. The van der Waals surface area contributed by atoms with E-state index in [0.717, 1.165) is 57.9 Å². The van der Waals surface area contributed by atoms with Gasteiger partial charge in [0.15, 0.2) is 5.96 Å². The molecule has 1 fully saturated rings. The standard InChI is InChI=1S/C21H32N6O2.HI/c1-26(2)20(28)16-25-21(23-9-10-27-11-13-29-14-12-27)22-8-7-17-15-24-19-6-4-3-5-18(17)19;/h3-6,15,24H,7-14,16H2,1-2H3,(H2,22,23,25);1H. The Morgan fingerprint density at radius 2 is 1.93 bits per heavy atom. The Morgan fingerprint density at radius 3 is 2.70 bits per heavy atom. The zero-order valence-electron chi connectivity index (χ0n) is 17.8. The Morgan fingerprint density at radius 1 is 1.20 bits per heavy atom. The third-order valence-corrected chi connectivity index (χ3v) is 5.06. The van der Waals surface area contributed by atoms with E-state index in [2.05, 4.69) is 49.9 Å². The van der Waals surface area contributed by atoms with Gasteiger partial charge in [0.25, 0.3) is 0 Å². The van der Waals surface area contributed by atoms with Crippen LogP contribution in [-0.2, 0) is 16.0 Å². The zero-order valence-corrected chi connectivity index (χ0v) is 20.1. The molecule has 3 N–H and O–H groups in total. The number of fused-ring (bicyclic) bond motifs is 1. The third kappa shape index (κ3) is 7.44. The fraction of sp³-hybridized carbons (Fsp3) is 0.524. The molecule has 0 radical (unpaired) electrons. The van der Waals surface area contributed by atoms with Crippen LogP contribution in [0.5, 0.6) is 0 Å². The first kappa shape index (κ1) is 24.4. The molecule has 0 saturated carbocycles. The molecule has 3 rings (SSSR count). The maximum absolute atomic E-state index is 11.9. The van der Waals surface area contributed by atoms with Crippen molar-refractivity contribution in [3.8, 4) is 0 Å². The van der Waals surface area contributed by atoms with Crippen LogP contribution < -0.4 is 10.6 Å². The molecule has 2 heterocycles. The smallest absolute Gasteiger partial charge is 0.243 e. The SMILES string of the molecule is CN(C)C(=O)CN=C(NCCc1c[nH]c2ccccc12)NCCN1CCOCC1.I. The summed E-state index contributed by atoms with van der Waals surface area (Å²) in [5, 5.41) is 7.97. The lowest BCUT2D eigenvalue weighted by Gasteiger charge is -2.26. The van der Waals surface area contributed by atoms with Crippen LogP contribution in [0, 0.1) is 0 Å².